The number of aliphatic hydroxyl groups excluding tert-OH is 1. The van der Waals surface area contributed by atoms with Gasteiger partial charge < -0.3 is 21.1 Å². The molecule has 0 aliphatic rings. The third-order valence-electron chi connectivity index (χ3n) is 4.71. The largest absolute Gasteiger partial charge is 0.390 e. The van der Waals surface area contributed by atoms with Crippen molar-refractivity contribution in [2.24, 2.45) is 5.73 Å². The minimum atomic E-state index is -0.838. The van der Waals surface area contributed by atoms with Gasteiger partial charge in [-0.25, -0.2) is 9.37 Å². The number of benzene rings is 2. The van der Waals surface area contributed by atoms with Crippen molar-refractivity contribution in [2.45, 2.75) is 6.10 Å². The number of H-pyrrole nitrogens is 1. The highest BCUT2D eigenvalue weighted by atomic mass is 79.9. The van der Waals surface area contributed by atoms with Gasteiger partial charge in [0.15, 0.2) is 0 Å². The number of nitrogens with zero attached hydrogens (tertiary/aromatic N) is 1. The van der Waals surface area contributed by atoms with Gasteiger partial charge in [0.25, 0.3) is 5.91 Å². The lowest BCUT2D eigenvalue weighted by molar-refractivity contribution is 0.0921. The van der Waals surface area contributed by atoms with Crippen molar-refractivity contribution in [3.63, 3.8) is 0 Å². The highest BCUT2D eigenvalue weighted by molar-refractivity contribution is 9.10. The van der Waals surface area contributed by atoms with E-state index in [0.717, 1.165) is 20.9 Å². The summed E-state index contributed by atoms with van der Waals surface area (Å²) in [6.45, 7) is 0.0633. The predicted molar refractivity (Wildman–Crippen MR) is 114 cm³/mol. The van der Waals surface area contributed by atoms with Crippen molar-refractivity contribution in [1.82, 2.24) is 15.3 Å². The Morgan fingerprint density at radius 1 is 1.24 bits per heavy atom. The molecule has 2 heterocycles. The zero-order valence-electron chi connectivity index (χ0n) is 15.2. The van der Waals surface area contributed by atoms with Crippen molar-refractivity contribution in [2.75, 3.05) is 13.1 Å². The SMILES string of the molecule is NCC(O)CNC(=O)c1cc(-c2c[nH]c3ccc(Br)cc23)nc2cc(F)ccc12. The molecular weight excluding hydrogens is 439 g/mol. The van der Waals surface area contributed by atoms with Crippen LogP contribution in [-0.4, -0.2) is 40.2 Å². The highest BCUT2D eigenvalue weighted by Crippen LogP contribution is 2.32. The number of rotatable bonds is 5. The van der Waals surface area contributed by atoms with E-state index in [4.69, 9.17) is 5.73 Å². The Labute approximate surface area is 174 Å². The van der Waals surface area contributed by atoms with Gasteiger partial charge >= 0.3 is 0 Å². The molecule has 0 radical (unpaired) electrons. The zero-order valence-corrected chi connectivity index (χ0v) is 16.8. The first-order valence-corrected chi connectivity index (χ1v) is 9.79. The molecule has 29 heavy (non-hydrogen) atoms. The number of nitrogens with two attached hydrogens (primary N) is 1. The number of aromatic nitrogens is 2. The first-order valence-electron chi connectivity index (χ1n) is 9.00. The second-order valence-electron chi connectivity index (χ2n) is 6.71. The highest BCUT2D eigenvalue weighted by Gasteiger charge is 2.17. The van der Waals surface area contributed by atoms with Gasteiger partial charge in [0.1, 0.15) is 5.82 Å². The molecule has 2 aromatic heterocycles. The van der Waals surface area contributed by atoms with Crippen LogP contribution < -0.4 is 11.1 Å². The van der Waals surface area contributed by atoms with E-state index in [1.807, 2.05) is 24.4 Å². The molecule has 0 spiro atoms. The minimum Gasteiger partial charge on any atom is -0.390 e. The molecular formula is C21H18BrFN4O2. The lowest BCUT2D eigenvalue weighted by atomic mass is 10.0. The first kappa shape index (κ1) is 19.5. The summed E-state index contributed by atoms with van der Waals surface area (Å²) in [7, 11) is 0. The number of pyridine rings is 1. The average Bonchev–Trinajstić information content (AvgIpc) is 3.13. The summed E-state index contributed by atoms with van der Waals surface area (Å²) in [6, 6.07) is 11.6. The van der Waals surface area contributed by atoms with Crippen molar-refractivity contribution in [3.8, 4) is 11.3 Å². The van der Waals surface area contributed by atoms with Crippen LogP contribution in [0.25, 0.3) is 33.1 Å². The molecule has 0 saturated heterocycles. The molecule has 4 aromatic rings. The van der Waals surface area contributed by atoms with Crippen LogP contribution in [0.5, 0.6) is 0 Å². The summed E-state index contributed by atoms with van der Waals surface area (Å²) >= 11 is 3.47. The third-order valence-corrected chi connectivity index (χ3v) is 5.20. The van der Waals surface area contributed by atoms with Crippen molar-refractivity contribution in [3.05, 3.63) is 64.5 Å². The molecule has 0 aliphatic carbocycles. The zero-order chi connectivity index (χ0) is 20.5. The van der Waals surface area contributed by atoms with Gasteiger partial charge in [0, 0.05) is 51.7 Å². The van der Waals surface area contributed by atoms with E-state index in [9.17, 15) is 14.3 Å². The van der Waals surface area contributed by atoms with Crippen LogP contribution in [0.2, 0.25) is 0 Å². The van der Waals surface area contributed by atoms with Gasteiger partial charge in [-0.2, -0.15) is 0 Å². The maximum absolute atomic E-state index is 13.8. The number of fused-ring (bicyclic) bond motifs is 2. The maximum Gasteiger partial charge on any atom is 0.252 e. The number of amides is 1. The Bertz CT molecular complexity index is 1220. The van der Waals surface area contributed by atoms with Crippen LogP contribution >= 0.6 is 15.9 Å². The Morgan fingerprint density at radius 3 is 2.86 bits per heavy atom. The molecule has 0 saturated carbocycles. The van der Waals surface area contributed by atoms with E-state index in [1.54, 1.807) is 6.07 Å². The van der Waals surface area contributed by atoms with Crippen LogP contribution in [-0.2, 0) is 0 Å². The lowest BCUT2D eigenvalue weighted by Gasteiger charge is -2.12. The van der Waals surface area contributed by atoms with Gasteiger partial charge in [0.2, 0.25) is 0 Å². The smallest absolute Gasteiger partial charge is 0.252 e. The van der Waals surface area contributed by atoms with E-state index in [-0.39, 0.29) is 13.1 Å². The van der Waals surface area contributed by atoms with Crippen LogP contribution in [0.4, 0.5) is 4.39 Å². The second-order valence-corrected chi connectivity index (χ2v) is 7.62. The number of hydrogen-bond acceptors (Lipinski definition) is 4. The van der Waals surface area contributed by atoms with E-state index < -0.39 is 17.8 Å². The summed E-state index contributed by atoms with van der Waals surface area (Å²) in [5, 5.41) is 13.8. The fraction of sp³-hybridized carbons (Fsp3) is 0.143. The molecule has 8 heteroatoms. The van der Waals surface area contributed by atoms with Gasteiger partial charge in [-0.1, -0.05) is 15.9 Å². The molecule has 0 fully saturated rings. The standard InChI is InChI=1S/C21H18BrFN4O2/c22-11-1-4-18-15(5-11)17(10-25-18)20-7-16(21(29)26-9-13(28)8-24)14-3-2-12(23)6-19(14)27-20/h1-7,10,13,25,28H,8-9,24H2,(H,26,29). The van der Waals surface area contributed by atoms with Gasteiger partial charge in [0.05, 0.1) is 22.9 Å². The summed E-state index contributed by atoms with van der Waals surface area (Å²) in [5.41, 5.74) is 8.37. The average molecular weight is 457 g/mol. The fourth-order valence-electron chi connectivity index (χ4n) is 3.22. The van der Waals surface area contributed by atoms with Crippen molar-refractivity contribution < 1.29 is 14.3 Å². The van der Waals surface area contributed by atoms with Crippen LogP contribution in [0.3, 0.4) is 0 Å². The molecule has 0 bridgehead atoms. The van der Waals surface area contributed by atoms with E-state index in [0.29, 0.717) is 22.2 Å². The molecule has 1 amide bonds. The summed E-state index contributed by atoms with van der Waals surface area (Å²) in [5.74, 6) is -0.826. The fourth-order valence-corrected chi connectivity index (χ4v) is 3.58. The summed E-state index contributed by atoms with van der Waals surface area (Å²) in [6.07, 6.45) is 0.972. The van der Waals surface area contributed by atoms with Crippen LogP contribution in [0, 0.1) is 5.82 Å². The second kappa shape index (κ2) is 7.90. The number of carbonyl (C=O) groups excluding carboxylic acids is 1. The van der Waals surface area contributed by atoms with Crippen LogP contribution in [0.1, 0.15) is 10.4 Å². The number of carbonyl (C=O) groups is 1. The molecule has 1 unspecified atom stereocenters. The molecule has 6 nitrogen and oxygen atoms in total. The molecule has 4 rings (SSSR count). The van der Waals surface area contributed by atoms with Gasteiger partial charge in [-0.3, -0.25) is 4.79 Å². The maximum atomic E-state index is 13.8. The Morgan fingerprint density at radius 2 is 2.07 bits per heavy atom. The minimum absolute atomic E-state index is 0.0235. The number of halogens is 2. The monoisotopic (exact) mass is 456 g/mol. The normalized spacial score (nSPS) is 12.4. The topological polar surface area (TPSA) is 104 Å². The number of aromatic amines is 1. The summed E-state index contributed by atoms with van der Waals surface area (Å²) in [4.78, 5) is 20.6. The number of nitrogens with one attached hydrogen (secondary N) is 2. The molecule has 1 atom stereocenters. The van der Waals surface area contributed by atoms with Crippen molar-refractivity contribution >= 4 is 43.6 Å². The van der Waals surface area contributed by atoms with Gasteiger partial charge in [-0.15, -0.1) is 0 Å². The quantitative estimate of drug-likeness (QED) is 0.369. The van der Waals surface area contributed by atoms with Crippen LogP contribution in [0.15, 0.2) is 53.1 Å². The Kier molecular flexibility index (Phi) is 5.31. The lowest BCUT2D eigenvalue weighted by Crippen LogP contribution is -2.36. The van der Waals surface area contributed by atoms with E-state index in [2.05, 4.69) is 31.2 Å². The molecule has 0 aliphatic heterocycles. The molecule has 2 aromatic carbocycles. The molecule has 148 valence electrons. The molecule has 5 N–H and O–H groups in total. The van der Waals surface area contributed by atoms with Gasteiger partial charge in [-0.05, 0) is 36.4 Å². The van der Waals surface area contributed by atoms with Crippen molar-refractivity contribution in [1.29, 1.82) is 0 Å². The number of hydrogen-bond donors (Lipinski definition) is 4. The first-order chi connectivity index (χ1) is 14.0. The Hall–Kier alpha value is -2.81. The third kappa shape index (κ3) is 3.87. The number of aliphatic hydroxyl groups is 1. The Balaban J connectivity index is 1.86. The predicted octanol–water partition coefficient (Wildman–Crippen LogP) is 3.33. The van der Waals surface area contributed by atoms with E-state index in [1.165, 1.54) is 18.2 Å². The summed E-state index contributed by atoms with van der Waals surface area (Å²) < 4.78 is 14.8. The van der Waals surface area contributed by atoms with E-state index >= 15 is 0 Å².